The molecule has 3 heterocycles. The Morgan fingerprint density at radius 3 is 2.76 bits per heavy atom. The van der Waals surface area contributed by atoms with Crippen molar-refractivity contribution in [1.29, 1.82) is 0 Å². The molecule has 0 radical (unpaired) electrons. The molecule has 0 saturated heterocycles. The second kappa shape index (κ2) is 4.66. The van der Waals surface area contributed by atoms with Crippen LogP contribution < -0.4 is 5.32 Å². The van der Waals surface area contributed by atoms with E-state index in [4.69, 9.17) is 0 Å². The number of aliphatic imine (C=N–C) groups is 1. The molecular weight excluding hydrogens is 269 g/mol. The first-order valence-corrected chi connectivity index (χ1v) is 6.71. The van der Waals surface area contributed by atoms with E-state index in [0.717, 1.165) is 35.7 Å². The summed E-state index contributed by atoms with van der Waals surface area (Å²) < 4.78 is 14.7. The molecule has 4 rings (SSSR count). The van der Waals surface area contributed by atoms with Gasteiger partial charge in [-0.2, -0.15) is 0 Å². The lowest BCUT2D eigenvalue weighted by atomic mass is 10.2. The average Bonchev–Trinajstić information content (AvgIpc) is 3.17. The number of aromatic nitrogens is 3. The van der Waals surface area contributed by atoms with Crippen LogP contribution in [0.2, 0.25) is 0 Å². The number of hydrogen-bond donors (Lipinski definition) is 1. The predicted octanol–water partition coefficient (Wildman–Crippen LogP) is 1.89. The van der Waals surface area contributed by atoms with Gasteiger partial charge in [-0.05, 0) is 36.4 Å². The highest BCUT2D eigenvalue weighted by molar-refractivity contribution is 6.04. The van der Waals surface area contributed by atoms with Gasteiger partial charge in [0.05, 0.1) is 12.1 Å². The Morgan fingerprint density at radius 2 is 2.00 bits per heavy atom. The minimum absolute atomic E-state index is 0.271. The zero-order valence-corrected chi connectivity index (χ0v) is 11.1. The van der Waals surface area contributed by atoms with E-state index in [-0.39, 0.29) is 5.82 Å². The second-order valence-electron chi connectivity index (χ2n) is 4.79. The van der Waals surface area contributed by atoms with E-state index in [2.05, 4.69) is 20.4 Å². The van der Waals surface area contributed by atoms with Gasteiger partial charge in [-0.15, -0.1) is 5.10 Å². The summed E-state index contributed by atoms with van der Waals surface area (Å²) in [6, 6.07) is 10.0. The maximum absolute atomic E-state index is 13.0. The van der Waals surface area contributed by atoms with Crippen molar-refractivity contribution in [3.05, 3.63) is 54.0 Å². The Hall–Kier alpha value is -2.76. The minimum Gasteiger partial charge on any atom is -0.368 e. The minimum atomic E-state index is -0.271. The van der Waals surface area contributed by atoms with Crippen molar-refractivity contribution in [1.82, 2.24) is 19.9 Å². The summed E-state index contributed by atoms with van der Waals surface area (Å²) in [5.74, 6) is 1.15. The number of fused-ring (bicyclic) bond motifs is 1. The second-order valence-corrected chi connectivity index (χ2v) is 4.79. The lowest BCUT2D eigenvalue weighted by Crippen LogP contribution is -2.20. The highest BCUT2D eigenvalue weighted by Crippen LogP contribution is 2.19. The van der Waals surface area contributed by atoms with Gasteiger partial charge in [-0.1, -0.05) is 0 Å². The van der Waals surface area contributed by atoms with E-state index in [9.17, 15) is 4.39 Å². The normalized spacial score (nSPS) is 14.2. The number of amidine groups is 1. The van der Waals surface area contributed by atoms with Crippen LogP contribution in [-0.4, -0.2) is 33.5 Å². The molecule has 1 aromatic carbocycles. The fourth-order valence-corrected chi connectivity index (χ4v) is 2.39. The zero-order chi connectivity index (χ0) is 14.2. The summed E-state index contributed by atoms with van der Waals surface area (Å²) in [5, 5.41) is 7.69. The van der Waals surface area contributed by atoms with Crippen LogP contribution in [0.4, 0.5) is 4.39 Å². The molecule has 0 saturated carbocycles. The Morgan fingerprint density at radius 1 is 1.14 bits per heavy atom. The molecule has 0 aliphatic carbocycles. The van der Waals surface area contributed by atoms with Gasteiger partial charge in [-0.25, -0.2) is 13.9 Å². The molecule has 0 atom stereocenters. The SMILES string of the molecule is Fc1ccc(-c2nc3c(C4=NCCN4)cccn3n2)cc1. The maximum Gasteiger partial charge on any atom is 0.182 e. The number of nitrogens with one attached hydrogen (secondary N) is 1. The monoisotopic (exact) mass is 281 g/mol. The first kappa shape index (κ1) is 12.0. The van der Waals surface area contributed by atoms with Crippen molar-refractivity contribution in [2.75, 3.05) is 13.1 Å². The van der Waals surface area contributed by atoms with Crippen LogP contribution in [0.1, 0.15) is 5.56 Å². The average molecular weight is 281 g/mol. The predicted molar refractivity (Wildman–Crippen MR) is 77.8 cm³/mol. The van der Waals surface area contributed by atoms with Gasteiger partial charge in [0, 0.05) is 18.3 Å². The number of nitrogens with zero attached hydrogens (tertiary/aromatic N) is 4. The molecule has 0 spiro atoms. The number of pyridine rings is 1. The number of rotatable bonds is 2. The summed E-state index contributed by atoms with van der Waals surface area (Å²) in [6.07, 6.45) is 1.84. The molecule has 6 heteroatoms. The summed E-state index contributed by atoms with van der Waals surface area (Å²) in [5.41, 5.74) is 2.45. The molecule has 3 aromatic rings. The van der Waals surface area contributed by atoms with Gasteiger partial charge in [0.2, 0.25) is 0 Å². The van der Waals surface area contributed by atoms with Gasteiger partial charge in [0.25, 0.3) is 0 Å². The molecule has 5 nitrogen and oxygen atoms in total. The molecule has 1 aliphatic heterocycles. The van der Waals surface area contributed by atoms with Crippen molar-refractivity contribution >= 4 is 11.5 Å². The third-order valence-electron chi connectivity index (χ3n) is 3.39. The van der Waals surface area contributed by atoms with E-state index >= 15 is 0 Å². The van der Waals surface area contributed by atoms with Crippen LogP contribution in [0.25, 0.3) is 17.0 Å². The van der Waals surface area contributed by atoms with Gasteiger partial charge in [-0.3, -0.25) is 4.99 Å². The van der Waals surface area contributed by atoms with Crippen molar-refractivity contribution in [3.8, 4) is 11.4 Å². The quantitative estimate of drug-likeness (QED) is 0.780. The number of halogens is 1. The Balaban J connectivity index is 1.86. The van der Waals surface area contributed by atoms with Crippen LogP contribution in [0, 0.1) is 5.82 Å². The van der Waals surface area contributed by atoms with Crippen LogP contribution in [-0.2, 0) is 0 Å². The summed E-state index contributed by atoms with van der Waals surface area (Å²) in [4.78, 5) is 8.99. The molecule has 21 heavy (non-hydrogen) atoms. The van der Waals surface area contributed by atoms with Crippen LogP contribution in [0.15, 0.2) is 47.6 Å². The van der Waals surface area contributed by atoms with E-state index in [1.54, 1.807) is 16.6 Å². The zero-order valence-electron chi connectivity index (χ0n) is 11.1. The van der Waals surface area contributed by atoms with E-state index in [1.165, 1.54) is 12.1 Å². The molecule has 0 bridgehead atoms. The largest absolute Gasteiger partial charge is 0.368 e. The molecule has 1 N–H and O–H groups in total. The number of hydrogen-bond acceptors (Lipinski definition) is 4. The lowest BCUT2D eigenvalue weighted by molar-refractivity contribution is 0.628. The van der Waals surface area contributed by atoms with Crippen LogP contribution in [0.5, 0.6) is 0 Å². The summed E-state index contributed by atoms with van der Waals surface area (Å²) in [7, 11) is 0. The van der Waals surface area contributed by atoms with E-state index in [0.29, 0.717) is 5.82 Å². The Kier molecular flexibility index (Phi) is 2.67. The third kappa shape index (κ3) is 2.05. The smallest absolute Gasteiger partial charge is 0.182 e. The van der Waals surface area contributed by atoms with Crippen LogP contribution >= 0.6 is 0 Å². The fourth-order valence-electron chi connectivity index (χ4n) is 2.39. The Bertz CT molecular complexity index is 835. The van der Waals surface area contributed by atoms with E-state index < -0.39 is 0 Å². The molecule has 0 amide bonds. The van der Waals surface area contributed by atoms with Gasteiger partial charge in [0.1, 0.15) is 11.7 Å². The molecular formula is C15H12FN5. The molecule has 104 valence electrons. The first-order valence-electron chi connectivity index (χ1n) is 6.71. The third-order valence-corrected chi connectivity index (χ3v) is 3.39. The first-order chi connectivity index (χ1) is 10.3. The van der Waals surface area contributed by atoms with E-state index in [1.807, 2.05) is 18.3 Å². The molecule has 0 fully saturated rings. The highest BCUT2D eigenvalue weighted by Gasteiger charge is 2.15. The van der Waals surface area contributed by atoms with Gasteiger partial charge >= 0.3 is 0 Å². The number of benzene rings is 1. The van der Waals surface area contributed by atoms with Crippen molar-refractivity contribution in [2.45, 2.75) is 0 Å². The fraction of sp³-hybridized carbons (Fsp3) is 0.133. The summed E-state index contributed by atoms with van der Waals surface area (Å²) in [6.45, 7) is 1.62. The highest BCUT2D eigenvalue weighted by atomic mass is 19.1. The Labute approximate surface area is 120 Å². The van der Waals surface area contributed by atoms with Crippen molar-refractivity contribution in [3.63, 3.8) is 0 Å². The maximum atomic E-state index is 13.0. The van der Waals surface area contributed by atoms with Crippen molar-refractivity contribution in [2.24, 2.45) is 4.99 Å². The lowest BCUT2D eigenvalue weighted by Gasteiger charge is -2.02. The molecule has 2 aromatic heterocycles. The topological polar surface area (TPSA) is 54.6 Å². The standard InChI is InChI=1S/C15H12FN5/c16-11-5-3-10(4-6-11)13-19-15-12(14-17-7-8-18-14)2-1-9-21(15)20-13/h1-6,9H,7-8H2,(H,17,18). The summed E-state index contributed by atoms with van der Waals surface area (Å²) >= 11 is 0. The van der Waals surface area contributed by atoms with Crippen molar-refractivity contribution < 1.29 is 4.39 Å². The van der Waals surface area contributed by atoms with Gasteiger partial charge in [0.15, 0.2) is 11.5 Å². The molecule has 1 aliphatic rings. The van der Waals surface area contributed by atoms with Gasteiger partial charge < -0.3 is 5.32 Å². The van der Waals surface area contributed by atoms with Crippen LogP contribution in [0.3, 0.4) is 0 Å². The molecule has 0 unspecified atom stereocenters.